The first-order chi connectivity index (χ1) is 8.55. The van der Waals surface area contributed by atoms with Crippen LogP contribution in [0, 0.1) is 6.92 Å². The van der Waals surface area contributed by atoms with Crippen molar-refractivity contribution >= 4 is 5.91 Å². The van der Waals surface area contributed by atoms with E-state index in [0.717, 1.165) is 0 Å². The first kappa shape index (κ1) is 14.6. The van der Waals surface area contributed by atoms with Crippen LogP contribution in [0.1, 0.15) is 31.5 Å². The van der Waals surface area contributed by atoms with Crippen LogP contribution in [0.15, 0.2) is 4.52 Å². The summed E-state index contributed by atoms with van der Waals surface area (Å²) in [6, 6.07) is 0. The van der Waals surface area contributed by atoms with Crippen molar-refractivity contribution in [3.05, 3.63) is 11.7 Å². The molecular weight excluding hydrogens is 238 g/mol. The molecule has 0 aliphatic heterocycles. The summed E-state index contributed by atoms with van der Waals surface area (Å²) in [7, 11) is 0. The number of nitrogens with one attached hydrogen (secondary N) is 1. The van der Waals surface area contributed by atoms with E-state index in [0.29, 0.717) is 24.6 Å². The van der Waals surface area contributed by atoms with E-state index in [1.165, 1.54) is 0 Å². The Balaban J connectivity index is 2.46. The van der Waals surface area contributed by atoms with Crippen LogP contribution < -0.4 is 5.32 Å². The molecule has 0 saturated carbocycles. The zero-order valence-electron chi connectivity index (χ0n) is 10.6. The van der Waals surface area contributed by atoms with Crippen molar-refractivity contribution in [1.82, 2.24) is 15.5 Å². The fourth-order valence-corrected chi connectivity index (χ4v) is 1.46. The quantitative estimate of drug-likeness (QED) is 0.611. The van der Waals surface area contributed by atoms with E-state index < -0.39 is 5.54 Å². The number of aliphatic hydroxyl groups excluding tert-OH is 2. The van der Waals surface area contributed by atoms with Crippen molar-refractivity contribution in [1.29, 1.82) is 0 Å². The number of aliphatic hydroxyl groups is 2. The van der Waals surface area contributed by atoms with E-state index in [9.17, 15) is 15.0 Å². The van der Waals surface area contributed by atoms with Gasteiger partial charge in [0.05, 0.1) is 18.8 Å². The molecule has 0 spiro atoms. The molecule has 0 aromatic carbocycles. The summed E-state index contributed by atoms with van der Waals surface area (Å²) in [5.74, 6) is 0.660. The third-order valence-corrected chi connectivity index (χ3v) is 2.82. The van der Waals surface area contributed by atoms with E-state index in [1.54, 1.807) is 13.8 Å². The lowest BCUT2D eigenvalue weighted by Crippen LogP contribution is -2.53. The molecule has 1 rings (SSSR count). The Labute approximate surface area is 105 Å². The molecule has 1 aromatic rings. The van der Waals surface area contributed by atoms with Gasteiger partial charge in [0.25, 0.3) is 0 Å². The van der Waals surface area contributed by atoms with E-state index in [-0.39, 0.29) is 25.5 Å². The van der Waals surface area contributed by atoms with Crippen molar-refractivity contribution in [3.63, 3.8) is 0 Å². The van der Waals surface area contributed by atoms with Crippen molar-refractivity contribution in [2.45, 2.75) is 38.6 Å². The normalized spacial score (nSPS) is 11.6. The molecule has 1 amide bonds. The number of hydrogen-bond donors (Lipinski definition) is 3. The highest BCUT2D eigenvalue weighted by molar-refractivity contribution is 5.77. The van der Waals surface area contributed by atoms with Gasteiger partial charge in [0.15, 0.2) is 5.82 Å². The predicted molar refractivity (Wildman–Crippen MR) is 62.7 cm³/mol. The van der Waals surface area contributed by atoms with Crippen LogP contribution in [0.25, 0.3) is 0 Å². The second-order valence-electron chi connectivity index (χ2n) is 4.23. The van der Waals surface area contributed by atoms with Gasteiger partial charge in [0.2, 0.25) is 11.8 Å². The summed E-state index contributed by atoms with van der Waals surface area (Å²) in [4.78, 5) is 15.7. The zero-order chi connectivity index (χ0) is 13.6. The number of rotatable bonds is 7. The highest BCUT2D eigenvalue weighted by atomic mass is 16.5. The highest BCUT2D eigenvalue weighted by Crippen LogP contribution is 2.09. The van der Waals surface area contributed by atoms with Crippen LogP contribution in [0.2, 0.25) is 0 Å². The first-order valence-electron chi connectivity index (χ1n) is 5.87. The number of carbonyl (C=O) groups is 1. The standard InChI is InChI=1S/C11H19N3O4/c1-3-11(6-15,7-16)13-9(17)4-5-10-12-8(2)14-18-10/h15-16H,3-7H2,1-2H3,(H,13,17). The molecule has 1 aromatic heterocycles. The molecule has 7 nitrogen and oxygen atoms in total. The number of aryl methyl sites for hydroxylation is 2. The smallest absolute Gasteiger partial charge is 0.227 e. The topological polar surface area (TPSA) is 108 Å². The summed E-state index contributed by atoms with van der Waals surface area (Å²) >= 11 is 0. The molecule has 0 radical (unpaired) electrons. The molecule has 1 heterocycles. The Kier molecular flexibility index (Phi) is 5.24. The Bertz CT molecular complexity index is 379. The monoisotopic (exact) mass is 257 g/mol. The molecule has 0 atom stereocenters. The maximum absolute atomic E-state index is 11.7. The average Bonchev–Trinajstić information content (AvgIpc) is 2.80. The Morgan fingerprint density at radius 1 is 1.44 bits per heavy atom. The SMILES string of the molecule is CCC(CO)(CO)NC(=O)CCc1nc(C)no1. The number of hydrogen-bond acceptors (Lipinski definition) is 6. The van der Waals surface area contributed by atoms with Gasteiger partial charge in [-0.15, -0.1) is 0 Å². The maximum atomic E-state index is 11.7. The Hall–Kier alpha value is -1.47. The minimum absolute atomic E-state index is 0.170. The number of nitrogens with zero attached hydrogens (tertiary/aromatic N) is 2. The highest BCUT2D eigenvalue weighted by Gasteiger charge is 2.28. The summed E-state index contributed by atoms with van der Waals surface area (Å²) < 4.78 is 4.88. The molecule has 0 aliphatic carbocycles. The van der Waals surface area contributed by atoms with Crippen molar-refractivity contribution in [2.24, 2.45) is 0 Å². The summed E-state index contributed by atoms with van der Waals surface area (Å²) in [5, 5.41) is 24.6. The summed E-state index contributed by atoms with van der Waals surface area (Å²) in [6.07, 6.45) is 0.956. The summed E-state index contributed by atoms with van der Waals surface area (Å²) in [5.41, 5.74) is -0.957. The van der Waals surface area contributed by atoms with E-state index in [4.69, 9.17) is 4.52 Å². The molecule has 0 saturated heterocycles. The lowest BCUT2D eigenvalue weighted by atomic mass is 9.98. The van der Waals surface area contributed by atoms with Gasteiger partial charge in [-0.3, -0.25) is 4.79 Å². The second kappa shape index (κ2) is 6.46. The van der Waals surface area contributed by atoms with Crippen LogP contribution in [0.3, 0.4) is 0 Å². The third-order valence-electron chi connectivity index (χ3n) is 2.82. The van der Waals surface area contributed by atoms with Crippen LogP contribution in [0.5, 0.6) is 0 Å². The maximum Gasteiger partial charge on any atom is 0.227 e. The van der Waals surface area contributed by atoms with Crippen LogP contribution in [-0.2, 0) is 11.2 Å². The fourth-order valence-electron chi connectivity index (χ4n) is 1.46. The number of amides is 1. The minimum Gasteiger partial charge on any atom is -0.394 e. The van der Waals surface area contributed by atoms with Gasteiger partial charge in [-0.25, -0.2) is 0 Å². The molecule has 3 N–H and O–H groups in total. The van der Waals surface area contributed by atoms with Gasteiger partial charge in [0.1, 0.15) is 0 Å². The van der Waals surface area contributed by atoms with Crippen molar-refractivity contribution in [3.8, 4) is 0 Å². The van der Waals surface area contributed by atoms with Crippen LogP contribution in [-0.4, -0.2) is 45.0 Å². The molecule has 7 heteroatoms. The van der Waals surface area contributed by atoms with Gasteiger partial charge < -0.3 is 20.1 Å². The Morgan fingerprint density at radius 3 is 2.56 bits per heavy atom. The van der Waals surface area contributed by atoms with Gasteiger partial charge >= 0.3 is 0 Å². The minimum atomic E-state index is -0.957. The third kappa shape index (κ3) is 3.78. The van der Waals surface area contributed by atoms with Crippen molar-refractivity contribution in [2.75, 3.05) is 13.2 Å². The van der Waals surface area contributed by atoms with Crippen LogP contribution >= 0.6 is 0 Å². The molecule has 0 aliphatic rings. The van der Waals surface area contributed by atoms with Gasteiger partial charge in [-0.2, -0.15) is 4.98 Å². The van der Waals surface area contributed by atoms with E-state index >= 15 is 0 Å². The Morgan fingerprint density at radius 2 is 2.11 bits per heavy atom. The largest absolute Gasteiger partial charge is 0.394 e. The zero-order valence-corrected chi connectivity index (χ0v) is 10.6. The summed E-state index contributed by atoms with van der Waals surface area (Å²) in [6.45, 7) is 2.89. The predicted octanol–water partition coefficient (Wildman–Crippen LogP) is -0.440. The molecular formula is C11H19N3O4. The molecule has 0 bridgehead atoms. The number of carbonyl (C=O) groups excluding carboxylic acids is 1. The number of aromatic nitrogens is 2. The average molecular weight is 257 g/mol. The molecule has 0 fully saturated rings. The fraction of sp³-hybridized carbons (Fsp3) is 0.727. The van der Waals surface area contributed by atoms with Gasteiger partial charge in [-0.1, -0.05) is 12.1 Å². The van der Waals surface area contributed by atoms with Gasteiger partial charge in [-0.05, 0) is 13.3 Å². The van der Waals surface area contributed by atoms with Crippen molar-refractivity contribution < 1.29 is 19.5 Å². The first-order valence-corrected chi connectivity index (χ1v) is 5.87. The van der Waals surface area contributed by atoms with Gasteiger partial charge in [0, 0.05) is 12.8 Å². The van der Waals surface area contributed by atoms with E-state index in [2.05, 4.69) is 15.5 Å². The molecule has 102 valence electrons. The molecule has 18 heavy (non-hydrogen) atoms. The van der Waals surface area contributed by atoms with E-state index in [1.807, 2.05) is 0 Å². The molecule has 0 unspecified atom stereocenters. The lowest BCUT2D eigenvalue weighted by molar-refractivity contribution is -0.124. The lowest BCUT2D eigenvalue weighted by Gasteiger charge is -2.29. The second-order valence-corrected chi connectivity index (χ2v) is 4.23. The van der Waals surface area contributed by atoms with Crippen LogP contribution in [0.4, 0.5) is 0 Å².